The molecule has 0 radical (unpaired) electrons. The fourth-order valence-corrected chi connectivity index (χ4v) is 2.20. The minimum absolute atomic E-state index is 0.191. The molecule has 8 heteroatoms. The van der Waals surface area contributed by atoms with E-state index in [0.29, 0.717) is 10.9 Å². The van der Waals surface area contributed by atoms with Crippen molar-refractivity contribution in [2.24, 2.45) is 0 Å². The highest BCUT2D eigenvalue weighted by atomic mass is 32.1. The standard InChI is InChI=1S/C13H11N5O2S/c1-20-10-7-18(9-5-3-2-4-6-9)17-11(10)12(19)15-13-16-14-8-21-13/h2-8H,1H3,(H,15,16,19). The van der Waals surface area contributed by atoms with E-state index < -0.39 is 5.91 Å². The van der Waals surface area contributed by atoms with Gasteiger partial charge in [-0.15, -0.1) is 10.2 Å². The van der Waals surface area contributed by atoms with Gasteiger partial charge in [-0.1, -0.05) is 29.5 Å². The lowest BCUT2D eigenvalue weighted by Crippen LogP contribution is -2.14. The van der Waals surface area contributed by atoms with Crippen LogP contribution in [-0.4, -0.2) is 33.0 Å². The molecule has 2 aromatic heterocycles. The van der Waals surface area contributed by atoms with Crippen LogP contribution in [0.4, 0.5) is 5.13 Å². The predicted octanol–water partition coefficient (Wildman–Crippen LogP) is 1.98. The molecule has 1 aromatic carbocycles. The van der Waals surface area contributed by atoms with Gasteiger partial charge in [0.15, 0.2) is 11.4 Å². The first-order valence-electron chi connectivity index (χ1n) is 6.04. The number of hydrogen-bond acceptors (Lipinski definition) is 6. The minimum Gasteiger partial charge on any atom is -0.493 e. The molecule has 0 bridgehead atoms. The number of nitrogens with zero attached hydrogens (tertiary/aromatic N) is 4. The van der Waals surface area contributed by atoms with Gasteiger partial charge in [0.2, 0.25) is 5.13 Å². The molecule has 0 aliphatic heterocycles. The highest BCUT2D eigenvalue weighted by Gasteiger charge is 2.19. The van der Waals surface area contributed by atoms with Gasteiger partial charge in [0.1, 0.15) is 5.51 Å². The SMILES string of the molecule is COc1cn(-c2ccccc2)nc1C(=O)Nc1nncs1. The van der Waals surface area contributed by atoms with Crippen LogP contribution in [0.1, 0.15) is 10.5 Å². The van der Waals surface area contributed by atoms with Gasteiger partial charge in [-0.05, 0) is 12.1 Å². The third kappa shape index (κ3) is 2.75. The molecular weight excluding hydrogens is 290 g/mol. The van der Waals surface area contributed by atoms with Crippen LogP contribution in [-0.2, 0) is 0 Å². The Balaban J connectivity index is 1.91. The lowest BCUT2D eigenvalue weighted by atomic mass is 10.3. The van der Waals surface area contributed by atoms with Crippen molar-refractivity contribution in [2.45, 2.75) is 0 Å². The van der Waals surface area contributed by atoms with Crippen molar-refractivity contribution in [1.29, 1.82) is 0 Å². The molecule has 3 aromatic rings. The number of nitrogens with one attached hydrogen (secondary N) is 1. The largest absolute Gasteiger partial charge is 0.493 e. The lowest BCUT2D eigenvalue weighted by Gasteiger charge is -2.00. The van der Waals surface area contributed by atoms with Crippen LogP contribution in [0.5, 0.6) is 5.75 Å². The van der Waals surface area contributed by atoms with Crippen molar-refractivity contribution in [3.63, 3.8) is 0 Å². The van der Waals surface area contributed by atoms with Crippen LogP contribution in [0.3, 0.4) is 0 Å². The molecule has 1 amide bonds. The zero-order valence-electron chi connectivity index (χ0n) is 11.1. The summed E-state index contributed by atoms with van der Waals surface area (Å²) < 4.78 is 6.80. The van der Waals surface area contributed by atoms with Crippen LogP contribution in [0.15, 0.2) is 42.0 Å². The number of rotatable bonds is 4. The number of carbonyl (C=O) groups is 1. The molecule has 0 unspecified atom stereocenters. The number of ether oxygens (including phenoxy) is 1. The third-order valence-electron chi connectivity index (χ3n) is 2.72. The van der Waals surface area contributed by atoms with E-state index in [9.17, 15) is 4.79 Å². The summed E-state index contributed by atoms with van der Waals surface area (Å²) in [7, 11) is 1.49. The highest BCUT2D eigenvalue weighted by molar-refractivity contribution is 7.13. The van der Waals surface area contributed by atoms with Gasteiger partial charge in [-0.3, -0.25) is 10.1 Å². The zero-order chi connectivity index (χ0) is 14.7. The first kappa shape index (κ1) is 13.3. The van der Waals surface area contributed by atoms with Gasteiger partial charge < -0.3 is 4.74 Å². The molecule has 0 saturated heterocycles. The predicted molar refractivity (Wildman–Crippen MR) is 78.0 cm³/mol. The second-order valence-corrected chi connectivity index (χ2v) is 4.86. The van der Waals surface area contributed by atoms with Crippen LogP contribution in [0, 0.1) is 0 Å². The maximum Gasteiger partial charge on any atom is 0.281 e. The van der Waals surface area contributed by atoms with Gasteiger partial charge in [-0.2, -0.15) is 5.10 Å². The normalized spacial score (nSPS) is 10.3. The molecule has 0 saturated carbocycles. The van der Waals surface area contributed by atoms with E-state index in [1.165, 1.54) is 24.0 Å². The van der Waals surface area contributed by atoms with Crippen molar-refractivity contribution >= 4 is 22.4 Å². The Hall–Kier alpha value is -2.74. The molecule has 0 atom stereocenters. The number of amides is 1. The second kappa shape index (κ2) is 5.71. The summed E-state index contributed by atoms with van der Waals surface area (Å²) in [5.74, 6) is -0.000788. The summed E-state index contributed by atoms with van der Waals surface area (Å²) in [5.41, 5.74) is 2.57. The molecule has 1 N–H and O–H groups in total. The second-order valence-electron chi connectivity index (χ2n) is 4.02. The Labute approximate surface area is 124 Å². The van der Waals surface area contributed by atoms with Gasteiger partial charge in [0.25, 0.3) is 5.91 Å². The first-order valence-corrected chi connectivity index (χ1v) is 6.92. The smallest absolute Gasteiger partial charge is 0.281 e. The van der Waals surface area contributed by atoms with Crippen molar-refractivity contribution in [3.05, 3.63) is 47.7 Å². The average Bonchev–Trinajstić information content (AvgIpc) is 3.17. The van der Waals surface area contributed by atoms with Crippen LogP contribution in [0.25, 0.3) is 5.69 Å². The van der Waals surface area contributed by atoms with E-state index >= 15 is 0 Å². The maximum atomic E-state index is 12.2. The third-order valence-corrected chi connectivity index (χ3v) is 3.32. The number of para-hydroxylation sites is 1. The Morgan fingerprint density at radius 2 is 2.14 bits per heavy atom. The van der Waals surface area contributed by atoms with Crippen LogP contribution < -0.4 is 10.1 Å². The minimum atomic E-state index is -0.390. The number of benzene rings is 1. The number of hydrogen-bond donors (Lipinski definition) is 1. The Bertz CT molecular complexity index is 739. The van der Waals surface area contributed by atoms with Crippen LogP contribution in [0.2, 0.25) is 0 Å². The summed E-state index contributed by atoms with van der Waals surface area (Å²) in [6, 6.07) is 9.47. The molecule has 0 aliphatic rings. The topological polar surface area (TPSA) is 81.9 Å². The molecule has 0 aliphatic carbocycles. The van der Waals surface area contributed by atoms with Gasteiger partial charge >= 0.3 is 0 Å². The highest BCUT2D eigenvalue weighted by Crippen LogP contribution is 2.21. The van der Waals surface area contributed by atoms with Crippen molar-refractivity contribution in [1.82, 2.24) is 20.0 Å². The summed E-state index contributed by atoms with van der Waals surface area (Å²) in [4.78, 5) is 12.2. The summed E-state index contributed by atoms with van der Waals surface area (Å²) in [6.07, 6.45) is 1.66. The zero-order valence-corrected chi connectivity index (χ0v) is 11.9. The van der Waals surface area contributed by atoms with E-state index in [0.717, 1.165) is 5.69 Å². The van der Waals surface area contributed by atoms with E-state index in [1.54, 1.807) is 10.9 Å². The molecule has 106 valence electrons. The van der Waals surface area contributed by atoms with Crippen molar-refractivity contribution in [3.8, 4) is 11.4 Å². The lowest BCUT2D eigenvalue weighted by molar-refractivity contribution is 0.101. The van der Waals surface area contributed by atoms with E-state index in [-0.39, 0.29) is 5.69 Å². The molecule has 2 heterocycles. The van der Waals surface area contributed by atoms with E-state index in [4.69, 9.17) is 4.74 Å². The number of carbonyl (C=O) groups excluding carboxylic acids is 1. The molecule has 7 nitrogen and oxygen atoms in total. The molecule has 21 heavy (non-hydrogen) atoms. The Kier molecular flexibility index (Phi) is 3.61. The van der Waals surface area contributed by atoms with Crippen LogP contribution >= 0.6 is 11.3 Å². The Morgan fingerprint density at radius 3 is 2.81 bits per heavy atom. The summed E-state index contributed by atoms with van der Waals surface area (Å²) >= 11 is 1.23. The fourth-order valence-electron chi connectivity index (χ4n) is 1.76. The molecule has 0 spiro atoms. The monoisotopic (exact) mass is 301 g/mol. The molecule has 3 rings (SSSR count). The number of methoxy groups -OCH3 is 1. The van der Waals surface area contributed by atoms with Crippen molar-refractivity contribution in [2.75, 3.05) is 12.4 Å². The number of aromatic nitrogens is 4. The average molecular weight is 301 g/mol. The molecular formula is C13H11N5O2S. The Morgan fingerprint density at radius 1 is 1.33 bits per heavy atom. The summed E-state index contributed by atoms with van der Waals surface area (Å²) in [5, 5.41) is 14.7. The number of anilines is 1. The van der Waals surface area contributed by atoms with E-state index in [1.807, 2.05) is 30.3 Å². The maximum absolute atomic E-state index is 12.2. The van der Waals surface area contributed by atoms with Gasteiger partial charge in [-0.25, -0.2) is 4.68 Å². The fraction of sp³-hybridized carbons (Fsp3) is 0.0769. The molecule has 0 fully saturated rings. The summed E-state index contributed by atoms with van der Waals surface area (Å²) in [6.45, 7) is 0. The first-order chi connectivity index (χ1) is 10.3. The van der Waals surface area contributed by atoms with E-state index in [2.05, 4.69) is 20.6 Å². The van der Waals surface area contributed by atoms with Gasteiger partial charge in [0, 0.05) is 0 Å². The van der Waals surface area contributed by atoms with Gasteiger partial charge in [0.05, 0.1) is 19.0 Å². The quantitative estimate of drug-likeness (QED) is 0.797. The van der Waals surface area contributed by atoms with Crippen molar-refractivity contribution < 1.29 is 9.53 Å².